The van der Waals surface area contributed by atoms with E-state index in [-0.39, 0.29) is 5.69 Å². The Bertz CT molecular complexity index is 1070. The Kier molecular flexibility index (Phi) is 4.23. The van der Waals surface area contributed by atoms with Crippen molar-refractivity contribution < 1.29 is 14.4 Å². The largest absolute Gasteiger partial charge is 0.344 e. The van der Waals surface area contributed by atoms with Crippen LogP contribution in [0, 0.1) is 6.92 Å². The van der Waals surface area contributed by atoms with Gasteiger partial charge in [0.15, 0.2) is 5.69 Å². The summed E-state index contributed by atoms with van der Waals surface area (Å²) in [6.45, 7) is 3.58. The highest BCUT2D eigenvalue weighted by Gasteiger charge is 2.50. The lowest BCUT2D eigenvalue weighted by molar-refractivity contribution is -0.132. The first-order valence-corrected chi connectivity index (χ1v) is 9.35. The standard InChI is InChI=1S/C19H17N5O3S/c1-11-8-9-15(28-11)13-10-14(22-21-13)16(25)23-24-17(26)19(2,20-18(24)27)12-6-4-3-5-7-12/h3-10H,1-2H3,(H,20,27)(H,21,22)(H,23,25)/t19-/m1/s1. The highest BCUT2D eigenvalue weighted by molar-refractivity contribution is 7.15. The number of benzene rings is 1. The van der Waals surface area contributed by atoms with Gasteiger partial charge in [0, 0.05) is 4.88 Å². The third kappa shape index (κ3) is 2.95. The van der Waals surface area contributed by atoms with Gasteiger partial charge in [0.2, 0.25) is 0 Å². The number of carbonyl (C=O) groups is 3. The number of thiophene rings is 1. The number of aryl methyl sites for hydroxylation is 1. The van der Waals surface area contributed by atoms with Gasteiger partial charge < -0.3 is 5.32 Å². The molecule has 2 aromatic heterocycles. The topological polar surface area (TPSA) is 107 Å². The van der Waals surface area contributed by atoms with Crippen molar-refractivity contribution in [2.24, 2.45) is 0 Å². The Morgan fingerprint density at radius 1 is 1.18 bits per heavy atom. The highest BCUT2D eigenvalue weighted by atomic mass is 32.1. The van der Waals surface area contributed by atoms with Crippen LogP contribution in [0.15, 0.2) is 48.5 Å². The quantitative estimate of drug-likeness (QED) is 0.590. The number of carbonyl (C=O) groups excluding carboxylic acids is 3. The Labute approximate surface area is 164 Å². The van der Waals surface area contributed by atoms with Gasteiger partial charge >= 0.3 is 6.03 Å². The van der Waals surface area contributed by atoms with E-state index in [1.807, 2.05) is 25.1 Å². The van der Waals surface area contributed by atoms with E-state index in [1.54, 1.807) is 48.6 Å². The molecule has 3 heterocycles. The van der Waals surface area contributed by atoms with Crippen LogP contribution in [-0.2, 0) is 10.3 Å². The lowest BCUT2D eigenvalue weighted by Gasteiger charge is -2.21. The molecule has 1 atom stereocenters. The van der Waals surface area contributed by atoms with Crippen molar-refractivity contribution in [2.45, 2.75) is 19.4 Å². The molecule has 1 aliphatic rings. The molecule has 0 aliphatic carbocycles. The molecule has 4 amide bonds. The number of urea groups is 1. The second-order valence-electron chi connectivity index (χ2n) is 6.58. The van der Waals surface area contributed by atoms with Crippen molar-refractivity contribution in [2.75, 3.05) is 0 Å². The van der Waals surface area contributed by atoms with Crippen LogP contribution >= 0.6 is 11.3 Å². The number of aromatic amines is 1. The predicted octanol–water partition coefficient (Wildman–Crippen LogP) is 2.56. The van der Waals surface area contributed by atoms with E-state index in [9.17, 15) is 14.4 Å². The minimum atomic E-state index is -1.25. The second kappa shape index (κ2) is 6.61. The molecule has 0 spiro atoms. The Hall–Kier alpha value is -3.46. The molecule has 8 nitrogen and oxygen atoms in total. The van der Waals surface area contributed by atoms with Crippen LogP contribution in [0.5, 0.6) is 0 Å². The zero-order chi connectivity index (χ0) is 19.9. The molecule has 0 bridgehead atoms. The molecule has 1 saturated heterocycles. The van der Waals surface area contributed by atoms with E-state index in [0.717, 1.165) is 9.75 Å². The van der Waals surface area contributed by atoms with Gasteiger partial charge in [0.25, 0.3) is 11.8 Å². The van der Waals surface area contributed by atoms with Gasteiger partial charge in [-0.2, -0.15) is 10.1 Å². The minimum Gasteiger partial charge on any atom is -0.318 e. The van der Waals surface area contributed by atoms with Crippen molar-refractivity contribution in [3.8, 4) is 10.6 Å². The van der Waals surface area contributed by atoms with E-state index in [0.29, 0.717) is 16.3 Å². The van der Waals surface area contributed by atoms with E-state index in [1.165, 1.54) is 0 Å². The van der Waals surface area contributed by atoms with E-state index >= 15 is 0 Å². The van der Waals surface area contributed by atoms with Crippen LogP contribution in [0.1, 0.15) is 27.9 Å². The maximum Gasteiger partial charge on any atom is 0.344 e. The lowest BCUT2D eigenvalue weighted by atomic mass is 9.92. The molecule has 0 radical (unpaired) electrons. The average Bonchev–Trinajstić information content (AvgIpc) is 3.38. The maximum absolute atomic E-state index is 12.8. The minimum absolute atomic E-state index is 0.0787. The smallest absolute Gasteiger partial charge is 0.318 e. The van der Waals surface area contributed by atoms with Gasteiger partial charge in [-0.05, 0) is 37.6 Å². The third-order valence-electron chi connectivity index (χ3n) is 4.57. The summed E-state index contributed by atoms with van der Waals surface area (Å²) < 4.78 is 0. The summed E-state index contributed by atoms with van der Waals surface area (Å²) in [4.78, 5) is 39.8. The number of aromatic nitrogens is 2. The van der Waals surface area contributed by atoms with Crippen LogP contribution in [-0.4, -0.2) is 33.1 Å². The van der Waals surface area contributed by atoms with E-state index in [2.05, 4.69) is 20.9 Å². The third-order valence-corrected chi connectivity index (χ3v) is 5.61. The first-order chi connectivity index (χ1) is 13.4. The Morgan fingerprint density at radius 3 is 2.61 bits per heavy atom. The fourth-order valence-corrected chi connectivity index (χ4v) is 3.84. The van der Waals surface area contributed by atoms with Crippen molar-refractivity contribution in [1.29, 1.82) is 0 Å². The first kappa shape index (κ1) is 17.9. The molecule has 1 aliphatic heterocycles. The molecular formula is C19H17N5O3S. The number of hydrazine groups is 1. The van der Waals surface area contributed by atoms with Crippen molar-refractivity contribution in [3.05, 3.63) is 64.7 Å². The van der Waals surface area contributed by atoms with Gasteiger partial charge in [0.1, 0.15) is 5.54 Å². The van der Waals surface area contributed by atoms with Crippen LogP contribution in [0.4, 0.5) is 4.79 Å². The second-order valence-corrected chi connectivity index (χ2v) is 7.87. The van der Waals surface area contributed by atoms with Crippen molar-refractivity contribution in [1.82, 2.24) is 25.9 Å². The number of hydrogen-bond donors (Lipinski definition) is 3. The Balaban J connectivity index is 1.53. The summed E-state index contributed by atoms with van der Waals surface area (Å²) in [7, 11) is 0. The molecular weight excluding hydrogens is 378 g/mol. The van der Waals surface area contributed by atoms with Crippen LogP contribution < -0.4 is 10.7 Å². The zero-order valence-electron chi connectivity index (χ0n) is 15.1. The number of nitrogens with one attached hydrogen (secondary N) is 3. The molecule has 1 fully saturated rings. The number of nitrogens with zero attached hydrogens (tertiary/aromatic N) is 2. The number of amides is 4. The molecule has 1 aromatic carbocycles. The van der Waals surface area contributed by atoms with Crippen LogP contribution in [0.25, 0.3) is 10.6 Å². The molecule has 28 heavy (non-hydrogen) atoms. The summed E-state index contributed by atoms with van der Waals surface area (Å²) in [6.07, 6.45) is 0. The summed E-state index contributed by atoms with van der Waals surface area (Å²) in [5, 5.41) is 10.1. The van der Waals surface area contributed by atoms with Gasteiger partial charge in [-0.3, -0.25) is 20.1 Å². The first-order valence-electron chi connectivity index (χ1n) is 8.54. The summed E-state index contributed by atoms with van der Waals surface area (Å²) >= 11 is 1.57. The van der Waals surface area contributed by atoms with E-state index < -0.39 is 23.4 Å². The number of H-pyrrole nitrogens is 1. The van der Waals surface area contributed by atoms with Crippen LogP contribution in [0.2, 0.25) is 0 Å². The SMILES string of the molecule is Cc1ccc(-c2cc(C(=O)NN3C(=O)N[C@](C)(c4ccccc4)C3=O)n[nH]2)s1. The zero-order valence-corrected chi connectivity index (χ0v) is 16.0. The predicted molar refractivity (Wildman–Crippen MR) is 103 cm³/mol. The maximum atomic E-state index is 12.8. The molecule has 9 heteroatoms. The molecule has 142 valence electrons. The van der Waals surface area contributed by atoms with Gasteiger partial charge in [-0.25, -0.2) is 4.79 Å². The lowest BCUT2D eigenvalue weighted by Crippen LogP contribution is -2.48. The summed E-state index contributed by atoms with van der Waals surface area (Å²) in [6, 6.07) is 13.6. The normalized spacial score (nSPS) is 19.0. The van der Waals surface area contributed by atoms with Crippen molar-refractivity contribution in [3.63, 3.8) is 0 Å². The summed E-state index contributed by atoms with van der Waals surface area (Å²) in [5.41, 5.74) is 2.48. The van der Waals surface area contributed by atoms with Gasteiger partial charge in [-0.15, -0.1) is 11.3 Å². The number of hydrogen-bond acceptors (Lipinski definition) is 5. The highest BCUT2D eigenvalue weighted by Crippen LogP contribution is 2.28. The molecule has 3 N–H and O–H groups in total. The number of imide groups is 1. The van der Waals surface area contributed by atoms with Gasteiger partial charge in [0.05, 0.1) is 10.6 Å². The molecule has 4 rings (SSSR count). The fraction of sp³-hybridized carbons (Fsp3) is 0.158. The van der Waals surface area contributed by atoms with E-state index in [4.69, 9.17) is 0 Å². The molecule has 0 unspecified atom stereocenters. The van der Waals surface area contributed by atoms with Crippen LogP contribution in [0.3, 0.4) is 0 Å². The molecule has 3 aromatic rings. The molecule has 0 saturated carbocycles. The fourth-order valence-electron chi connectivity index (χ4n) is 3.01. The number of rotatable bonds is 4. The average molecular weight is 395 g/mol. The Morgan fingerprint density at radius 2 is 1.93 bits per heavy atom. The van der Waals surface area contributed by atoms with Gasteiger partial charge in [-0.1, -0.05) is 30.3 Å². The summed E-state index contributed by atoms with van der Waals surface area (Å²) in [5.74, 6) is -1.22. The monoisotopic (exact) mass is 395 g/mol. The van der Waals surface area contributed by atoms with Crippen molar-refractivity contribution >= 4 is 29.2 Å².